The Morgan fingerprint density at radius 3 is 2.50 bits per heavy atom. The van der Waals surface area contributed by atoms with Gasteiger partial charge in [-0.05, 0) is 67.2 Å². The van der Waals surface area contributed by atoms with Crippen LogP contribution in [0.2, 0.25) is 0 Å². The molecule has 0 bridgehead atoms. The van der Waals surface area contributed by atoms with Gasteiger partial charge < -0.3 is 5.73 Å². The Labute approximate surface area is 119 Å². The molecule has 1 aliphatic rings. The highest BCUT2D eigenvalue weighted by Crippen LogP contribution is 2.42. The van der Waals surface area contributed by atoms with E-state index in [9.17, 15) is 0 Å². The van der Waals surface area contributed by atoms with Gasteiger partial charge in [0, 0.05) is 4.47 Å². The van der Waals surface area contributed by atoms with E-state index in [4.69, 9.17) is 5.73 Å². The molecule has 0 amide bonds. The van der Waals surface area contributed by atoms with Crippen LogP contribution in [-0.2, 0) is 6.42 Å². The minimum absolute atomic E-state index is 0.492. The Hall–Kier alpha value is -0.340. The summed E-state index contributed by atoms with van der Waals surface area (Å²) in [6, 6.07) is 8.75. The summed E-state index contributed by atoms with van der Waals surface area (Å²) in [5.74, 6) is 1.46. The maximum atomic E-state index is 5.95. The largest absolute Gasteiger partial charge is 0.330 e. The SMILES string of the molecule is CC1(C)CCC(CN)C(Cc2ccc(Br)cc2)C1. The van der Waals surface area contributed by atoms with Crippen LogP contribution >= 0.6 is 15.9 Å². The third-order valence-electron chi connectivity index (χ3n) is 4.39. The molecule has 0 saturated heterocycles. The van der Waals surface area contributed by atoms with Gasteiger partial charge in [0.25, 0.3) is 0 Å². The smallest absolute Gasteiger partial charge is 0.0175 e. The van der Waals surface area contributed by atoms with E-state index in [1.54, 1.807) is 0 Å². The summed E-state index contributed by atoms with van der Waals surface area (Å²) in [7, 11) is 0. The van der Waals surface area contributed by atoms with Crippen molar-refractivity contribution in [1.82, 2.24) is 0 Å². The van der Waals surface area contributed by atoms with Gasteiger partial charge in [-0.1, -0.05) is 41.9 Å². The Balaban J connectivity index is 2.07. The van der Waals surface area contributed by atoms with Crippen molar-refractivity contribution in [3.05, 3.63) is 34.3 Å². The molecule has 0 heterocycles. The Kier molecular flexibility index (Phi) is 4.50. The van der Waals surface area contributed by atoms with Crippen molar-refractivity contribution in [1.29, 1.82) is 0 Å². The fourth-order valence-corrected chi connectivity index (χ4v) is 3.53. The number of halogens is 1. The fraction of sp³-hybridized carbons (Fsp3) is 0.625. The first-order valence-electron chi connectivity index (χ1n) is 6.95. The molecule has 2 N–H and O–H groups in total. The fourth-order valence-electron chi connectivity index (χ4n) is 3.26. The third-order valence-corrected chi connectivity index (χ3v) is 4.92. The predicted molar refractivity (Wildman–Crippen MR) is 81.5 cm³/mol. The molecule has 0 aliphatic heterocycles. The Morgan fingerprint density at radius 1 is 1.22 bits per heavy atom. The van der Waals surface area contributed by atoms with Crippen molar-refractivity contribution in [3.8, 4) is 0 Å². The van der Waals surface area contributed by atoms with Crippen molar-refractivity contribution in [2.75, 3.05) is 6.54 Å². The third kappa shape index (κ3) is 3.58. The molecule has 2 unspecified atom stereocenters. The maximum Gasteiger partial charge on any atom is 0.0175 e. The molecule has 1 fully saturated rings. The van der Waals surface area contributed by atoms with Crippen LogP contribution in [0.4, 0.5) is 0 Å². The summed E-state index contributed by atoms with van der Waals surface area (Å²) in [6.07, 6.45) is 5.11. The zero-order chi connectivity index (χ0) is 13.2. The first kappa shape index (κ1) is 14.1. The zero-order valence-electron chi connectivity index (χ0n) is 11.5. The van der Waals surface area contributed by atoms with E-state index in [2.05, 4.69) is 54.0 Å². The quantitative estimate of drug-likeness (QED) is 0.880. The molecule has 2 heteroatoms. The number of nitrogens with two attached hydrogens (primary N) is 1. The van der Waals surface area contributed by atoms with Gasteiger partial charge in [-0.3, -0.25) is 0 Å². The molecular weight excluding hydrogens is 286 g/mol. The molecular formula is C16H24BrN. The predicted octanol–water partition coefficient (Wildman–Crippen LogP) is 4.39. The lowest BCUT2D eigenvalue weighted by Crippen LogP contribution is -2.35. The van der Waals surface area contributed by atoms with Gasteiger partial charge in [0.05, 0.1) is 0 Å². The average Bonchev–Trinajstić information content (AvgIpc) is 2.31. The normalized spacial score (nSPS) is 27.1. The summed E-state index contributed by atoms with van der Waals surface area (Å²) in [4.78, 5) is 0. The van der Waals surface area contributed by atoms with Gasteiger partial charge in [0.2, 0.25) is 0 Å². The van der Waals surface area contributed by atoms with Crippen molar-refractivity contribution in [2.24, 2.45) is 23.0 Å². The number of hydrogen-bond acceptors (Lipinski definition) is 1. The minimum Gasteiger partial charge on any atom is -0.330 e. The Bertz CT molecular complexity index is 383. The summed E-state index contributed by atoms with van der Waals surface area (Å²) >= 11 is 3.49. The van der Waals surface area contributed by atoms with Gasteiger partial charge in [0.1, 0.15) is 0 Å². The van der Waals surface area contributed by atoms with Crippen LogP contribution in [0.5, 0.6) is 0 Å². The first-order chi connectivity index (χ1) is 8.50. The lowest BCUT2D eigenvalue weighted by molar-refractivity contribution is 0.121. The highest BCUT2D eigenvalue weighted by atomic mass is 79.9. The van der Waals surface area contributed by atoms with E-state index >= 15 is 0 Å². The lowest BCUT2D eigenvalue weighted by atomic mass is 9.65. The summed E-state index contributed by atoms with van der Waals surface area (Å²) in [6.45, 7) is 5.64. The molecule has 0 aromatic heterocycles. The van der Waals surface area contributed by atoms with Gasteiger partial charge in [-0.25, -0.2) is 0 Å². The minimum atomic E-state index is 0.492. The summed E-state index contributed by atoms with van der Waals surface area (Å²) in [5.41, 5.74) is 7.89. The van der Waals surface area contributed by atoms with Crippen molar-refractivity contribution < 1.29 is 0 Å². The van der Waals surface area contributed by atoms with Crippen LogP contribution in [0.25, 0.3) is 0 Å². The molecule has 1 saturated carbocycles. The van der Waals surface area contributed by atoms with Crippen LogP contribution in [0.15, 0.2) is 28.7 Å². The van der Waals surface area contributed by atoms with E-state index in [0.717, 1.165) is 16.9 Å². The van der Waals surface area contributed by atoms with Gasteiger partial charge >= 0.3 is 0 Å². The van der Waals surface area contributed by atoms with Gasteiger partial charge in [-0.15, -0.1) is 0 Å². The average molecular weight is 310 g/mol. The van der Waals surface area contributed by atoms with E-state index < -0.39 is 0 Å². The molecule has 100 valence electrons. The lowest BCUT2D eigenvalue weighted by Gasteiger charge is -2.40. The molecule has 0 spiro atoms. The molecule has 1 aromatic carbocycles. The standard InChI is InChI=1S/C16H24BrN/c1-16(2)8-7-13(11-18)14(10-16)9-12-3-5-15(17)6-4-12/h3-6,13-14H,7-11,18H2,1-2H3. The van der Waals surface area contributed by atoms with Crippen LogP contribution in [0.1, 0.15) is 38.7 Å². The topological polar surface area (TPSA) is 26.0 Å². The van der Waals surface area contributed by atoms with Crippen LogP contribution in [-0.4, -0.2) is 6.54 Å². The van der Waals surface area contributed by atoms with Gasteiger partial charge in [0.15, 0.2) is 0 Å². The van der Waals surface area contributed by atoms with Crippen molar-refractivity contribution in [2.45, 2.75) is 39.5 Å². The van der Waals surface area contributed by atoms with Crippen molar-refractivity contribution >= 4 is 15.9 Å². The second-order valence-corrected chi connectivity index (χ2v) is 7.41. The van der Waals surface area contributed by atoms with E-state index in [0.29, 0.717) is 11.3 Å². The molecule has 2 rings (SSSR count). The Morgan fingerprint density at radius 2 is 1.89 bits per heavy atom. The number of benzene rings is 1. The molecule has 18 heavy (non-hydrogen) atoms. The molecule has 2 atom stereocenters. The first-order valence-corrected chi connectivity index (χ1v) is 7.74. The summed E-state index contributed by atoms with van der Waals surface area (Å²) < 4.78 is 1.16. The highest BCUT2D eigenvalue weighted by molar-refractivity contribution is 9.10. The second kappa shape index (κ2) is 5.75. The number of rotatable bonds is 3. The molecule has 1 aliphatic carbocycles. The number of hydrogen-bond donors (Lipinski definition) is 1. The highest BCUT2D eigenvalue weighted by Gasteiger charge is 2.33. The van der Waals surface area contributed by atoms with Crippen LogP contribution in [0, 0.1) is 17.3 Å². The van der Waals surface area contributed by atoms with Crippen LogP contribution < -0.4 is 5.73 Å². The monoisotopic (exact) mass is 309 g/mol. The zero-order valence-corrected chi connectivity index (χ0v) is 13.0. The van der Waals surface area contributed by atoms with E-state index in [-0.39, 0.29) is 0 Å². The van der Waals surface area contributed by atoms with Crippen LogP contribution in [0.3, 0.4) is 0 Å². The van der Waals surface area contributed by atoms with E-state index in [1.165, 1.54) is 31.2 Å². The van der Waals surface area contributed by atoms with Crippen molar-refractivity contribution in [3.63, 3.8) is 0 Å². The summed E-state index contributed by atoms with van der Waals surface area (Å²) in [5, 5.41) is 0. The molecule has 1 aromatic rings. The van der Waals surface area contributed by atoms with E-state index in [1.807, 2.05) is 0 Å². The maximum absolute atomic E-state index is 5.95. The van der Waals surface area contributed by atoms with Gasteiger partial charge in [-0.2, -0.15) is 0 Å². The second-order valence-electron chi connectivity index (χ2n) is 6.49. The molecule has 0 radical (unpaired) electrons. The molecule has 1 nitrogen and oxygen atoms in total.